The summed E-state index contributed by atoms with van der Waals surface area (Å²) in [7, 11) is -3.46. The maximum absolute atomic E-state index is 12.7. The minimum Gasteiger partial charge on any atom is -0.369 e. The average molecular weight is 384 g/mol. The second kappa shape index (κ2) is 7.53. The number of anilines is 1. The van der Waals surface area contributed by atoms with Crippen molar-refractivity contribution in [1.82, 2.24) is 24.2 Å². The summed E-state index contributed by atoms with van der Waals surface area (Å²) in [6.45, 7) is 1.77. The van der Waals surface area contributed by atoms with Gasteiger partial charge in [0.25, 0.3) is 0 Å². The summed E-state index contributed by atoms with van der Waals surface area (Å²) in [5.74, 6) is 1.17. The molecule has 4 rings (SSSR count). The lowest BCUT2D eigenvalue weighted by Gasteiger charge is -2.31. The summed E-state index contributed by atoms with van der Waals surface area (Å²) < 4.78 is 26.9. The van der Waals surface area contributed by atoms with E-state index in [2.05, 4.69) is 25.3 Å². The highest BCUT2D eigenvalue weighted by atomic mass is 32.2. The molecule has 9 heteroatoms. The van der Waals surface area contributed by atoms with E-state index in [1.54, 1.807) is 35.0 Å². The van der Waals surface area contributed by atoms with Gasteiger partial charge < -0.3 is 5.32 Å². The first-order valence-electron chi connectivity index (χ1n) is 8.83. The third-order valence-electron chi connectivity index (χ3n) is 4.84. The van der Waals surface area contributed by atoms with Gasteiger partial charge in [0.2, 0.25) is 10.0 Å². The second-order valence-electron chi connectivity index (χ2n) is 6.53. The quantitative estimate of drug-likeness (QED) is 0.717. The van der Waals surface area contributed by atoms with Crippen LogP contribution >= 0.6 is 0 Å². The van der Waals surface area contributed by atoms with Crippen molar-refractivity contribution in [2.45, 2.75) is 17.7 Å². The van der Waals surface area contributed by atoms with Gasteiger partial charge in [-0.25, -0.2) is 18.4 Å². The number of rotatable bonds is 5. The fraction of sp³-hybridized carbons (Fsp3) is 0.333. The Labute approximate surface area is 157 Å². The normalized spacial score (nSPS) is 16.4. The number of pyridine rings is 2. The first-order valence-corrected chi connectivity index (χ1v) is 10.3. The molecule has 0 amide bonds. The van der Waals surface area contributed by atoms with Crippen LogP contribution in [-0.2, 0) is 10.0 Å². The number of nitrogens with one attached hydrogen (secondary N) is 1. The molecule has 0 bridgehead atoms. The predicted molar refractivity (Wildman–Crippen MR) is 102 cm³/mol. The fourth-order valence-corrected chi connectivity index (χ4v) is 4.73. The van der Waals surface area contributed by atoms with Gasteiger partial charge in [-0.2, -0.15) is 4.31 Å². The summed E-state index contributed by atoms with van der Waals surface area (Å²) >= 11 is 0. The lowest BCUT2D eigenvalue weighted by atomic mass is 9.98. The van der Waals surface area contributed by atoms with Gasteiger partial charge in [-0.3, -0.25) is 9.97 Å². The monoisotopic (exact) mass is 384 g/mol. The van der Waals surface area contributed by atoms with E-state index in [0.29, 0.717) is 19.0 Å². The van der Waals surface area contributed by atoms with Crippen molar-refractivity contribution < 1.29 is 8.42 Å². The molecule has 3 aromatic rings. The molecule has 1 N–H and O–H groups in total. The second-order valence-corrected chi connectivity index (χ2v) is 8.47. The largest absolute Gasteiger partial charge is 0.369 e. The van der Waals surface area contributed by atoms with Gasteiger partial charge in [0, 0.05) is 43.6 Å². The van der Waals surface area contributed by atoms with E-state index in [9.17, 15) is 8.42 Å². The molecule has 1 saturated heterocycles. The van der Waals surface area contributed by atoms with Crippen LogP contribution in [0.4, 0.5) is 5.82 Å². The van der Waals surface area contributed by atoms with Crippen LogP contribution in [0.5, 0.6) is 0 Å². The molecule has 0 saturated carbocycles. The molecule has 1 aliphatic heterocycles. The zero-order valence-corrected chi connectivity index (χ0v) is 15.5. The smallest absolute Gasteiger partial charge is 0.244 e. The van der Waals surface area contributed by atoms with Crippen LogP contribution in [0.2, 0.25) is 0 Å². The van der Waals surface area contributed by atoms with Crippen molar-refractivity contribution in [2.24, 2.45) is 5.92 Å². The van der Waals surface area contributed by atoms with Gasteiger partial charge >= 0.3 is 0 Å². The molecule has 0 atom stereocenters. The summed E-state index contributed by atoms with van der Waals surface area (Å²) in [6, 6.07) is 5.12. The van der Waals surface area contributed by atoms with Crippen LogP contribution in [0.3, 0.4) is 0 Å². The Bertz CT molecular complexity index is 1010. The highest BCUT2D eigenvalue weighted by Gasteiger charge is 2.29. The van der Waals surface area contributed by atoms with E-state index >= 15 is 0 Å². The Kier molecular flexibility index (Phi) is 4.95. The zero-order valence-electron chi connectivity index (χ0n) is 14.7. The highest BCUT2D eigenvalue weighted by Crippen LogP contribution is 2.24. The van der Waals surface area contributed by atoms with Crippen molar-refractivity contribution in [3.8, 4) is 0 Å². The number of hydrogen-bond acceptors (Lipinski definition) is 7. The van der Waals surface area contributed by atoms with Gasteiger partial charge in [0.05, 0.1) is 11.7 Å². The molecular formula is C18H20N6O2S. The van der Waals surface area contributed by atoms with E-state index in [4.69, 9.17) is 0 Å². The summed E-state index contributed by atoms with van der Waals surface area (Å²) in [6.07, 6.45) is 9.54. The molecule has 140 valence electrons. The van der Waals surface area contributed by atoms with Crippen LogP contribution in [0, 0.1) is 5.92 Å². The average Bonchev–Trinajstić information content (AvgIpc) is 2.73. The predicted octanol–water partition coefficient (Wildman–Crippen LogP) is 1.93. The number of sulfonamides is 1. The number of aromatic nitrogens is 4. The topological polar surface area (TPSA) is 101 Å². The molecule has 0 aliphatic carbocycles. The molecule has 8 nitrogen and oxygen atoms in total. The Morgan fingerprint density at radius 3 is 2.67 bits per heavy atom. The molecule has 0 radical (unpaired) electrons. The van der Waals surface area contributed by atoms with Gasteiger partial charge in [-0.15, -0.1) is 0 Å². The van der Waals surface area contributed by atoms with Crippen molar-refractivity contribution in [2.75, 3.05) is 25.0 Å². The first-order chi connectivity index (χ1) is 13.1. The molecule has 27 heavy (non-hydrogen) atoms. The Morgan fingerprint density at radius 2 is 1.89 bits per heavy atom. The minimum absolute atomic E-state index is 0.252. The van der Waals surface area contributed by atoms with Crippen molar-refractivity contribution >= 4 is 26.7 Å². The Balaban J connectivity index is 1.37. The van der Waals surface area contributed by atoms with Crippen LogP contribution in [0.25, 0.3) is 10.9 Å². The molecule has 1 aliphatic rings. The summed E-state index contributed by atoms with van der Waals surface area (Å²) in [5.41, 5.74) is 0.799. The maximum Gasteiger partial charge on any atom is 0.244 e. The van der Waals surface area contributed by atoms with Crippen LogP contribution in [0.1, 0.15) is 12.8 Å². The lowest BCUT2D eigenvalue weighted by molar-refractivity contribution is 0.282. The highest BCUT2D eigenvalue weighted by molar-refractivity contribution is 7.89. The third kappa shape index (κ3) is 3.74. The van der Waals surface area contributed by atoms with E-state index in [-0.39, 0.29) is 4.90 Å². The molecule has 0 spiro atoms. The number of nitrogens with zero attached hydrogens (tertiary/aromatic N) is 5. The molecule has 4 heterocycles. The Hall–Kier alpha value is -2.65. The molecule has 1 fully saturated rings. The van der Waals surface area contributed by atoms with Crippen molar-refractivity contribution in [1.29, 1.82) is 0 Å². The van der Waals surface area contributed by atoms with Crippen LogP contribution in [-0.4, -0.2) is 52.3 Å². The van der Waals surface area contributed by atoms with Gasteiger partial charge in [-0.05, 0) is 37.0 Å². The van der Waals surface area contributed by atoms with Crippen LogP contribution < -0.4 is 5.32 Å². The van der Waals surface area contributed by atoms with E-state index in [1.807, 2.05) is 6.07 Å². The van der Waals surface area contributed by atoms with Gasteiger partial charge in [-0.1, -0.05) is 0 Å². The van der Waals surface area contributed by atoms with E-state index < -0.39 is 10.0 Å². The molecule has 0 aromatic carbocycles. The SMILES string of the molecule is O=S(=O)(c1cccnc1)N1CCC(CNc2ncnc3cnccc23)CC1. The maximum atomic E-state index is 12.7. The summed E-state index contributed by atoms with van der Waals surface area (Å²) in [5, 5.41) is 4.32. The number of hydrogen-bond donors (Lipinski definition) is 1. The van der Waals surface area contributed by atoms with Gasteiger partial charge in [0.15, 0.2) is 0 Å². The lowest BCUT2D eigenvalue weighted by Crippen LogP contribution is -2.39. The van der Waals surface area contributed by atoms with E-state index in [1.165, 1.54) is 12.5 Å². The standard InChI is InChI=1S/C18H20N6O2S/c25-27(26,15-2-1-6-19-11-15)24-8-4-14(5-9-24)10-21-18-16-3-7-20-12-17(16)22-13-23-18/h1-3,6-7,11-14H,4-5,8-10H2,(H,21,22,23). The van der Waals surface area contributed by atoms with Crippen molar-refractivity contribution in [3.05, 3.63) is 49.3 Å². The molecular weight excluding hydrogens is 364 g/mol. The van der Waals surface area contributed by atoms with Crippen molar-refractivity contribution in [3.63, 3.8) is 0 Å². The molecule has 0 unspecified atom stereocenters. The Morgan fingerprint density at radius 1 is 1.07 bits per heavy atom. The van der Waals surface area contributed by atoms with Gasteiger partial charge in [0.1, 0.15) is 17.0 Å². The molecule has 3 aromatic heterocycles. The van der Waals surface area contributed by atoms with E-state index in [0.717, 1.165) is 36.1 Å². The number of piperidine rings is 1. The minimum atomic E-state index is -3.46. The zero-order chi connectivity index (χ0) is 18.7. The number of fused-ring (bicyclic) bond motifs is 1. The summed E-state index contributed by atoms with van der Waals surface area (Å²) in [4.78, 5) is 16.8. The first kappa shape index (κ1) is 17.7. The third-order valence-corrected chi connectivity index (χ3v) is 6.72. The fourth-order valence-electron chi connectivity index (χ4n) is 3.29. The van der Waals surface area contributed by atoms with Crippen LogP contribution in [0.15, 0.2) is 54.2 Å².